The first kappa shape index (κ1) is 24.3. The molecule has 1 amide bonds. The smallest absolute Gasteiger partial charge is 0.272 e. The van der Waals surface area contributed by atoms with Crippen molar-refractivity contribution in [3.63, 3.8) is 0 Å². The summed E-state index contributed by atoms with van der Waals surface area (Å²) in [5.74, 6) is -1.48. The van der Waals surface area contributed by atoms with E-state index in [4.69, 9.17) is 10.5 Å². The molecule has 0 aliphatic heterocycles. The van der Waals surface area contributed by atoms with Crippen molar-refractivity contribution in [3.8, 4) is 5.88 Å². The molecule has 0 spiro atoms. The number of carbonyl (C=O) groups excluding carboxylic acids is 1. The maximum Gasteiger partial charge on any atom is 0.272 e. The van der Waals surface area contributed by atoms with Gasteiger partial charge in [0.2, 0.25) is 21.8 Å². The van der Waals surface area contributed by atoms with Crippen LogP contribution in [0.5, 0.6) is 5.88 Å². The van der Waals surface area contributed by atoms with Gasteiger partial charge in [0.1, 0.15) is 10.7 Å². The van der Waals surface area contributed by atoms with Crippen molar-refractivity contribution in [3.05, 3.63) is 12.1 Å². The third-order valence-electron chi connectivity index (χ3n) is 4.60. The molecule has 1 aliphatic rings. The number of carbonyl (C=O) groups is 1. The van der Waals surface area contributed by atoms with E-state index in [1.54, 1.807) is 4.72 Å². The number of amides is 1. The van der Waals surface area contributed by atoms with E-state index in [2.05, 4.69) is 10.3 Å². The summed E-state index contributed by atoms with van der Waals surface area (Å²) in [5.41, 5.74) is 6.00. The van der Waals surface area contributed by atoms with Crippen molar-refractivity contribution < 1.29 is 35.5 Å². The lowest BCUT2D eigenvalue weighted by Crippen LogP contribution is -2.42. The molecule has 170 valence electrons. The minimum atomic E-state index is -4.51. The molecule has 1 atom stereocenters. The van der Waals surface area contributed by atoms with Crippen molar-refractivity contribution in [2.45, 2.75) is 55.9 Å². The summed E-state index contributed by atoms with van der Waals surface area (Å²) in [7, 11) is -4.51. The minimum absolute atomic E-state index is 0.00787. The van der Waals surface area contributed by atoms with Crippen molar-refractivity contribution in [1.29, 1.82) is 0 Å². The normalized spacial score (nSPS) is 16.6. The zero-order valence-electron chi connectivity index (χ0n) is 16.0. The molecule has 0 saturated heterocycles. The number of rotatable bonds is 10. The first-order chi connectivity index (χ1) is 14.1. The summed E-state index contributed by atoms with van der Waals surface area (Å²) in [6, 6.07) is 1.20. The minimum Gasteiger partial charge on any atom is -0.471 e. The van der Waals surface area contributed by atoms with E-state index in [9.17, 15) is 30.8 Å². The zero-order valence-corrected chi connectivity index (χ0v) is 16.8. The Morgan fingerprint density at radius 1 is 1.17 bits per heavy atom. The molecule has 1 aromatic rings. The molecule has 0 aromatic carbocycles. The van der Waals surface area contributed by atoms with Gasteiger partial charge in [0.25, 0.3) is 12.9 Å². The average molecular weight is 456 g/mol. The summed E-state index contributed by atoms with van der Waals surface area (Å²) in [6.45, 7) is -2.35. The number of sulfonamides is 1. The highest BCUT2D eigenvalue weighted by Gasteiger charge is 2.28. The van der Waals surface area contributed by atoms with Crippen LogP contribution in [0.3, 0.4) is 0 Å². The van der Waals surface area contributed by atoms with Crippen LogP contribution in [0.15, 0.2) is 17.0 Å². The Morgan fingerprint density at radius 3 is 2.43 bits per heavy atom. The maximum atomic E-state index is 12.5. The van der Waals surface area contributed by atoms with E-state index >= 15 is 0 Å². The van der Waals surface area contributed by atoms with Crippen LogP contribution in [0.4, 0.5) is 23.4 Å². The topological polar surface area (TPSA) is 123 Å². The standard InChI is InChI=1S/C17H24F4N4O4S/c18-12(19)8-23-30(27,28)11-6-7-14(25-17(11)29-9-13(20)21)24-16(26)15(22)10-4-2-1-3-5-10/h6-7,10,12-13,15,23H,1-5,8-9,22H2,(H,24,25,26)/t15-/m0/s1. The molecule has 1 aliphatic carbocycles. The number of aromatic nitrogens is 1. The Morgan fingerprint density at radius 2 is 1.83 bits per heavy atom. The number of hydrogen-bond donors (Lipinski definition) is 3. The Hall–Kier alpha value is -1.99. The van der Waals surface area contributed by atoms with Gasteiger partial charge in [0, 0.05) is 0 Å². The molecule has 1 heterocycles. The van der Waals surface area contributed by atoms with Crippen LogP contribution in [-0.2, 0) is 14.8 Å². The molecule has 4 N–H and O–H groups in total. The van der Waals surface area contributed by atoms with E-state index in [0.717, 1.165) is 44.2 Å². The molecule has 2 rings (SSSR count). The van der Waals surface area contributed by atoms with Crippen LogP contribution in [0.1, 0.15) is 32.1 Å². The van der Waals surface area contributed by atoms with Gasteiger partial charge in [-0.1, -0.05) is 19.3 Å². The molecule has 0 unspecified atom stereocenters. The fraction of sp³-hybridized carbons (Fsp3) is 0.647. The van der Waals surface area contributed by atoms with Gasteiger partial charge >= 0.3 is 0 Å². The van der Waals surface area contributed by atoms with Crippen LogP contribution in [0, 0.1) is 5.92 Å². The van der Waals surface area contributed by atoms with Crippen LogP contribution in [0.2, 0.25) is 0 Å². The van der Waals surface area contributed by atoms with Gasteiger partial charge in [-0.05, 0) is 30.9 Å². The molecule has 1 fully saturated rings. The number of alkyl halides is 4. The van der Waals surface area contributed by atoms with Crippen LogP contribution in [-0.4, -0.2) is 51.4 Å². The third kappa shape index (κ3) is 7.06. The van der Waals surface area contributed by atoms with Crippen molar-refractivity contribution in [2.24, 2.45) is 11.7 Å². The van der Waals surface area contributed by atoms with Gasteiger partial charge in [0.05, 0.1) is 12.6 Å². The van der Waals surface area contributed by atoms with E-state index < -0.39 is 58.8 Å². The van der Waals surface area contributed by atoms with E-state index in [1.807, 2.05) is 0 Å². The largest absolute Gasteiger partial charge is 0.471 e. The fourth-order valence-electron chi connectivity index (χ4n) is 3.11. The summed E-state index contributed by atoms with van der Waals surface area (Å²) >= 11 is 0. The number of ether oxygens (including phenoxy) is 1. The van der Waals surface area contributed by atoms with Gasteiger partial charge in [-0.2, -0.15) is 4.98 Å². The molecule has 13 heteroatoms. The van der Waals surface area contributed by atoms with Gasteiger partial charge in [-0.15, -0.1) is 0 Å². The highest BCUT2D eigenvalue weighted by molar-refractivity contribution is 7.89. The monoisotopic (exact) mass is 456 g/mol. The Bertz CT molecular complexity index is 820. The lowest BCUT2D eigenvalue weighted by Gasteiger charge is -2.26. The number of halogens is 4. The van der Waals surface area contributed by atoms with Crippen molar-refractivity contribution in [1.82, 2.24) is 9.71 Å². The predicted molar refractivity (Wildman–Crippen MR) is 100 cm³/mol. The number of pyridine rings is 1. The molecule has 1 saturated carbocycles. The van der Waals surface area contributed by atoms with E-state index in [1.165, 1.54) is 0 Å². The Balaban J connectivity index is 2.20. The summed E-state index contributed by atoms with van der Waals surface area (Å²) in [4.78, 5) is 15.4. The van der Waals surface area contributed by atoms with E-state index in [0.29, 0.717) is 0 Å². The molecule has 0 radical (unpaired) electrons. The van der Waals surface area contributed by atoms with Crippen molar-refractivity contribution >= 4 is 21.7 Å². The highest BCUT2D eigenvalue weighted by atomic mass is 32.2. The molecule has 8 nitrogen and oxygen atoms in total. The second-order valence-electron chi connectivity index (χ2n) is 6.86. The first-order valence-electron chi connectivity index (χ1n) is 9.36. The molecular formula is C17H24F4N4O4S. The number of anilines is 1. The SMILES string of the molecule is N[C@H](C(=O)Nc1ccc(S(=O)(=O)NCC(F)F)c(OCC(F)F)n1)C1CCCCC1. The molecule has 1 aromatic heterocycles. The summed E-state index contributed by atoms with van der Waals surface area (Å²) in [6.07, 6.45) is -1.28. The zero-order chi connectivity index (χ0) is 22.3. The van der Waals surface area contributed by atoms with Gasteiger partial charge in [-0.25, -0.2) is 30.7 Å². The summed E-state index contributed by atoms with van der Waals surface area (Å²) in [5, 5.41) is 2.42. The van der Waals surface area contributed by atoms with E-state index in [-0.39, 0.29) is 11.7 Å². The molecular weight excluding hydrogens is 432 g/mol. The summed E-state index contributed by atoms with van der Waals surface area (Å²) < 4.78 is 80.5. The van der Waals surface area contributed by atoms with Crippen LogP contribution >= 0.6 is 0 Å². The predicted octanol–water partition coefficient (Wildman–Crippen LogP) is 2.11. The number of nitrogens with two attached hydrogens (primary N) is 1. The number of nitrogens with zero attached hydrogens (tertiary/aromatic N) is 1. The van der Waals surface area contributed by atoms with Crippen LogP contribution in [0.25, 0.3) is 0 Å². The Kier molecular flexibility index (Phi) is 8.79. The maximum absolute atomic E-state index is 12.5. The lowest BCUT2D eigenvalue weighted by atomic mass is 9.84. The second kappa shape index (κ2) is 10.9. The molecule has 30 heavy (non-hydrogen) atoms. The highest BCUT2D eigenvalue weighted by Crippen LogP contribution is 2.27. The lowest BCUT2D eigenvalue weighted by molar-refractivity contribution is -0.118. The molecule has 0 bridgehead atoms. The fourth-order valence-corrected chi connectivity index (χ4v) is 4.20. The second-order valence-corrected chi connectivity index (χ2v) is 8.59. The average Bonchev–Trinajstić information content (AvgIpc) is 2.70. The Labute approximate surface area is 171 Å². The van der Waals surface area contributed by atoms with Crippen molar-refractivity contribution in [2.75, 3.05) is 18.5 Å². The quantitative estimate of drug-likeness (QED) is 0.464. The first-order valence-corrected chi connectivity index (χ1v) is 10.8. The number of hydrogen-bond acceptors (Lipinski definition) is 6. The van der Waals surface area contributed by atoms with Gasteiger partial charge in [-0.3, -0.25) is 4.79 Å². The third-order valence-corrected chi connectivity index (χ3v) is 6.04. The van der Waals surface area contributed by atoms with Gasteiger partial charge < -0.3 is 15.8 Å². The number of nitrogens with one attached hydrogen (secondary N) is 2. The van der Waals surface area contributed by atoms with Gasteiger partial charge in [0.15, 0.2) is 6.61 Å². The van der Waals surface area contributed by atoms with Crippen LogP contribution < -0.4 is 20.5 Å².